The maximum absolute atomic E-state index is 13.3. The minimum absolute atomic E-state index is 0.00128. The van der Waals surface area contributed by atoms with Gasteiger partial charge in [0.25, 0.3) is 0 Å². The molecule has 0 aliphatic carbocycles. The average Bonchev–Trinajstić information content (AvgIpc) is 3.06. The highest BCUT2D eigenvalue weighted by atomic mass is 32.1. The summed E-state index contributed by atoms with van der Waals surface area (Å²) in [4.78, 5) is 19.2. The van der Waals surface area contributed by atoms with Gasteiger partial charge >= 0.3 is 0 Å². The number of hydrogen-bond acceptors (Lipinski definition) is 3. The summed E-state index contributed by atoms with van der Waals surface area (Å²) < 4.78 is 13.3. The number of carbonyl (C=O) groups excluding carboxylic acids is 1. The van der Waals surface area contributed by atoms with Crippen molar-refractivity contribution in [1.29, 1.82) is 0 Å². The Morgan fingerprint density at radius 1 is 1.15 bits per heavy atom. The molecule has 1 unspecified atom stereocenters. The second-order valence-electron chi connectivity index (χ2n) is 6.33. The molecule has 0 aliphatic heterocycles. The lowest BCUT2D eigenvalue weighted by atomic mass is 9.97. The number of aryl methyl sites for hydroxylation is 1. The van der Waals surface area contributed by atoms with E-state index in [0.717, 1.165) is 16.3 Å². The molecule has 0 saturated heterocycles. The normalized spacial score (nSPS) is 12.0. The summed E-state index contributed by atoms with van der Waals surface area (Å²) in [5.74, 6) is -0.217. The first-order chi connectivity index (χ1) is 12.5. The van der Waals surface area contributed by atoms with Crippen molar-refractivity contribution in [3.8, 4) is 0 Å². The van der Waals surface area contributed by atoms with Gasteiger partial charge in [0.1, 0.15) is 5.82 Å². The van der Waals surface area contributed by atoms with Crippen LogP contribution in [-0.4, -0.2) is 10.9 Å². The fourth-order valence-electron chi connectivity index (χ4n) is 2.86. The Hall–Kier alpha value is -2.53. The van der Waals surface area contributed by atoms with Gasteiger partial charge in [-0.25, -0.2) is 9.37 Å². The van der Waals surface area contributed by atoms with Crippen LogP contribution in [-0.2, 0) is 11.3 Å². The van der Waals surface area contributed by atoms with E-state index in [9.17, 15) is 9.18 Å². The minimum Gasteiger partial charge on any atom is -0.306 e. The molecule has 0 aliphatic rings. The zero-order valence-electron chi connectivity index (χ0n) is 14.9. The van der Waals surface area contributed by atoms with Crippen molar-refractivity contribution >= 4 is 22.9 Å². The predicted molar refractivity (Wildman–Crippen MR) is 104 cm³/mol. The van der Waals surface area contributed by atoms with Gasteiger partial charge in [-0.2, -0.15) is 0 Å². The summed E-state index contributed by atoms with van der Waals surface area (Å²) in [6, 6.07) is 16.0. The van der Waals surface area contributed by atoms with Gasteiger partial charge in [0.2, 0.25) is 5.91 Å². The zero-order valence-corrected chi connectivity index (χ0v) is 15.7. The molecule has 3 nitrogen and oxygen atoms in total. The fraction of sp³-hybridized carbons (Fsp3) is 0.238. The number of thiazole rings is 1. The molecule has 3 rings (SSSR count). The number of hydrogen-bond donors (Lipinski definition) is 0. The van der Waals surface area contributed by atoms with Crippen LogP contribution in [0.3, 0.4) is 0 Å². The summed E-state index contributed by atoms with van der Waals surface area (Å²) in [5.41, 5.74) is 2.66. The Morgan fingerprint density at radius 2 is 1.85 bits per heavy atom. The average molecular weight is 368 g/mol. The number of carbonyl (C=O) groups is 1. The summed E-state index contributed by atoms with van der Waals surface area (Å²) in [6.07, 6.45) is 0.379. The molecule has 1 amide bonds. The molecule has 1 heterocycles. The van der Waals surface area contributed by atoms with Crippen LogP contribution in [0.1, 0.15) is 35.5 Å². The van der Waals surface area contributed by atoms with Crippen molar-refractivity contribution in [2.45, 2.75) is 32.7 Å². The maximum atomic E-state index is 13.3. The number of anilines is 1. The van der Waals surface area contributed by atoms with Crippen molar-refractivity contribution in [1.82, 2.24) is 4.98 Å². The van der Waals surface area contributed by atoms with E-state index in [1.54, 1.807) is 28.4 Å². The van der Waals surface area contributed by atoms with Crippen LogP contribution in [0.5, 0.6) is 0 Å². The van der Waals surface area contributed by atoms with E-state index in [2.05, 4.69) is 4.98 Å². The smallest absolute Gasteiger partial charge is 0.227 e. The van der Waals surface area contributed by atoms with Gasteiger partial charge < -0.3 is 4.90 Å². The maximum Gasteiger partial charge on any atom is 0.227 e. The van der Waals surface area contributed by atoms with E-state index in [1.165, 1.54) is 12.1 Å². The topological polar surface area (TPSA) is 33.2 Å². The highest BCUT2D eigenvalue weighted by Gasteiger charge is 2.20. The minimum atomic E-state index is -0.316. The largest absolute Gasteiger partial charge is 0.306 e. The number of benzene rings is 2. The van der Waals surface area contributed by atoms with Gasteiger partial charge in [0, 0.05) is 17.5 Å². The summed E-state index contributed by atoms with van der Waals surface area (Å²) >= 11 is 1.56. The highest BCUT2D eigenvalue weighted by Crippen LogP contribution is 2.24. The van der Waals surface area contributed by atoms with E-state index in [0.29, 0.717) is 18.7 Å². The number of aromatic nitrogens is 1. The SMILES string of the molecule is Cc1nc(CN(C(=O)CC(C)c2ccccc2)c2ccc(F)cc2)cs1. The molecule has 1 atom stereocenters. The molecule has 3 aromatic rings. The number of halogens is 1. The predicted octanol–water partition coefficient (Wildman–Crippen LogP) is 5.32. The first kappa shape index (κ1) is 18.3. The van der Waals surface area contributed by atoms with Crippen LogP contribution >= 0.6 is 11.3 Å². The molecule has 0 bridgehead atoms. The first-order valence-corrected chi connectivity index (χ1v) is 9.43. The van der Waals surface area contributed by atoms with Crippen LogP contribution in [0.25, 0.3) is 0 Å². The molecular formula is C21H21FN2OS. The van der Waals surface area contributed by atoms with E-state index in [-0.39, 0.29) is 17.6 Å². The monoisotopic (exact) mass is 368 g/mol. The first-order valence-electron chi connectivity index (χ1n) is 8.55. The standard InChI is InChI=1S/C21H21FN2OS/c1-15(17-6-4-3-5-7-17)12-21(25)24(13-19-14-26-16(2)23-19)20-10-8-18(22)9-11-20/h3-11,14-15H,12-13H2,1-2H3. The van der Waals surface area contributed by atoms with Crippen molar-refractivity contribution in [3.63, 3.8) is 0 Å². The Kier molecular flexibility index (Phi) is 5.78. The van der Waals surface area contributed by atoms with Crippen molar-refractivity contribution in [3.05, 3.63) is 82.1 Å². The van der Waals surface area contributed by atoms with Gasteiger partial charge in [0.15, 0.2) is 0 Å². The van der Waals surface area contributed by atoms with Gasteiger partial charge in [0.05, 0.1) is 17.2 Å². The van der Waals surface area contributed by atoms with E-state index in [1.807, 2.05) is 49.6 Å². The molecule has 0 N–H and O–H groups in total. The quantitative estimate of drug-likeness (QED) is 0.590. The summed E-state index contributed by atoms with van der Waals surface area (Å²) in [6.45, 7) is 4.37. The van der Waals surface area contributed by atoms with Crippen LogP contribution < -0.4 is 4.90 Å². The third-order valence-corrected chi connectivity index (χ3v) is 5.10. The molecule has 0 fully saturated rings. The molecule has 0 saturated carbocycles. The van der Waals surface area contributed by atoms with Crippen LogP contribution in [0.2, 0.25) is 0 Å². The van der Waals surface area contributed by atoms with E-state index < -0.39 is 0 Å². The zero-order chi connectivity index (χ0) is 18.5. The third-order valence-electron chi connectivity index (χ3n) is 4.28. The lowest BCUT2D eigenvalue weighted by Crippen LogP contribution is -2.31. The van der Waals surface area contributed by atoms with Gasteiger partial charge in [-0.3, -0.25) is 4.79 Å². The van der Waals surface area contributed by atoms with Crippen LogP contribution in [0.15, 0.2) is 60.0 Å². The molecule has 0 radical (unpaired) electrons. The lowest BCUT2D eigenvalue weighted by molar-refractivity contribution is -0.119. The van der Waals surface area contributed by atoms with Gasteiger partial charge in [-0.1, -0.05) is 37.3 Å². The second-order valence-corrected chi connectivity index (χ2v) is 7.39. The molecule has 0 spiro atoms. The molecule has 1 aromatic heterocycles. The second kappa shape index (κ2) is 8.23. The van der Waals surface area contributed by atoms with Crippen LogP contribution in [0, 0.1) is 12.7 Å². The van der Waals surface area contributed by atoms with Gasteiger partial charge in [-0.05, 0) is 42.7 Å². The van der Waals surface area contributed by atoms with Crippen molar-refractivity contribution in [2.75, 3.05) is 4.90 Å². The van der Waals surface area contributed by atoms with Crippen molar-refractivity contribution < 1.29 is 9.18 Å². The third kappa shape index (κ3) is 4.55. The number of rotatable bonds is 6. The van der Waals surface area contributed by atoms with Gasteiger partial charge in [-0.15, -0.1) is 11.3 Å². The molecular weight excluding hydrogens is 347 g/mol. The fourth-order valence-corrected chi connectivity index (χ4v) is 3.46. The number of amides is 1. The highest BCUT2D eigenvalue weighted by molar-refractivity contribution is 7.09. The molecule has 26 heavy (non-hydrogen) atoms. The summed E-state index contributed by atoms with van der Waals surface area (Å²) in [7, 11) is 0. The molecule has 2 aromatic carbocycles. The Balaban J connectivity index is 1.81. The Bertz CT molecular complexity index is 861. The molecule has 5 heteroatoms. The van der Waals surface area contributed by atoms with E-state index >= 15 is 0 Å². The van der Waals surface area contributed by atoms with Crippen molar-refractivity contribution in [2.24, 2.45) is 0 Å². The van der Waals surface area contributed by atoms with E-state index in [4.69, 9.17) is 0 Å². The number of nitrogens with zero attached hydrogens (tertiary/aromatic N) is 2. The Morgan fingerprint density at radius 3 is 2.46 bits per heavy atom. The Labute approximate surface area is 157 Å². The summed E-state index contributed by atoms with van der Waals surface area (Å²) in [5, 5.41) is 2.92. The lowest BCUT2D eigenvalue weighted by Gasteiger charge is -2.24. The van der Waals surface area contributed by atoms with Crippen LogP contribution in [0.4, 0.5) is 10.1 Å². The molecule has 134 valence electrons.